The van der Waals surface area contributed by atoms with Gasteiger partial charge in [-0.1, -0.05) is 30.3 Å². The maximum atomic E-state index is 10.9. The normalized spacial score (nSPS) is 11.3. The minimum Gasteiger partial charge on any atom is -0.119 e. The monoisotopic (exact) mass is 199 g/mol. The summed E-state index contributed by atoms with van der Waals surface area (Å²) in [7, 11) is -1.95. The third-order valence-electron chi connectivity index (χ3n) is 1.41. The molecule has 3 nitrogen and oxygen atoms in total. The molecule has 1 unspecified atom stereocenters. The highest BCUT2D eigenvalue weighted by Crippen LogP contribution is 2.24. The van der Waals surface area contributed by atoms with Crippen molar-refractivity contribution < 1.29 is 13.6 Å². The molecule has 0 bridgehead atoms. The standard InChI is InChI=1S/C9H12O3P/c1-2-11-13(10)12-8-9-6-4-3-5-7-9/h3-7H,2,8H2,1H3/q+1. The van der Waals surface area contributed by atoms with Gasteiger partial charge in [-0.3, -0.25) is 0 Å². The molecule has 0 heterocycles. The topological polar surface area (TPSA) is 35.5 Å². The third kappa shape index (κ3) is 4.13. The molecule has 13 heavy (non-hydrogen) atoms. The summed E-state index contributed by atoms with van der Waals surface area (Å²) in [4.78, 5) is 0. The number of rotatable bonds is 5. The van der Waals surface area contributed by atoms with Crippen LogP contribution in [0, 0.1) is 0 Å². The molecule has 4 heteroatoms. The molecule has 1 aromatic rings. The first-order chi connectivity index (χ1) is 6.33. The summed E-state index contributed by atoms with van der Waals surface area (Å²) >= 11 is 0. The van der Waals surface area contributed by atoms with E-state index in [9.17, 15) is 4.57 Å². The summed E-state index contributed by atoms with van der Waals surface area (Å²) in [5.74, 6) is 0. The van der Waals surface area contributed by atoms with Gasteiger partial charge < -0.3 is 0 Å². The number of benzene rings is 1. The van der Waals surface area contributed by atoms with Gasteiger partial charge in [0.25, 0.3) is 0 Å². The second-order valence-corrected chi connectivity index (χ2v) is 3.36. The first-order valence-electron chi connectivity index (χ1n) is 4.10. The van der Waals surface area contributed by atoms with E-state index < -0.39 is 8.25 Å². The smallest absolute Gasteiger partial charge is 0.119 e. The zero-order valence-electron chi connectivity index (χ0n) is 7.47. The number of hydrogen-bond donors (Lipinski definition) is 0. The molecule has 0 saturated carbocycles. The Morgan fingerprint density at radius 1 is 1.23 bits per heavy atom. The third-order valence-corrected chi connectivity index (χ3v) is 2.22. The Morgan fingerprint density at radius 2 is 1.92 bits per heavy atom. The minimum atomic E-state index is -1.95. The molecule has 0 N–H and O–H groups in total. The van der Waals surface area contributed by atoms with Gasteiger partial charge in [-0.15, -0.1) is 9.05 Å². The van der Waals surface area contributed by atoms with Crippen LogP contribution in [0.2, 0.25) is 0 Å². The van der Waals surface area contributed by atoms with Gasteiger partial charge in [0.2, 0.25) is 0 Å². The zero-order chi connectivity index (χ0) is 9.52. The van der Waals surface area contributed by atoms with Crippen molar-refractivity contribution >= 4 is 8.25 Å². The summed E-state index contributed by atoms with van der Waals surface area (Å²) in [5.41, 5.74) is 0.991. The van der Waals surface area contributed by atoms with Crippen molar-refractivity contribution in [2.75, 3.05) is 6.61 Å². The van der Waals surface area contributed by atoms with Gasteiger partial charge in [-0.05, 0) is 12.5 Å². The van der Waals surface area contributed by atoms with E-state index in [2.05, 4.69) is 0 Å². The highest BCUT2D eigenvalue weighted by Gasteiger charge is 2.18. The molecule has 0 aliphatic carbocycles. The van der Waals surface area contributed by atoms with Gasteiger partial charge in [-0.25, -0.2) is 0 Å². The van der Waals surface area contributed by atoms with Crippen molar-refractivity contribution in [2.45, 2.75) is 13.5 Å². The highest BCUT2D eigenvalue weighted by molar-refractivity contribution is 7.33. The van der Waals surface area contributed by atoms with Gasteiger partial charge in [0.1, 0.15) is 13.2 Å². The van der Waals surface area contributed by atoms with E-state index in [1.165, 1.54) is 0 Å². The second kappa shape index (κ2) is 5.81. The van der Waals surface area contributed by atoms with E-state index in [1.807, 2.05) is 30.3 Å². The Hall–Kier alpha value is -0.760. The van der Waals surface area contributed by atoms with Crippen LogP contribution in [0.1, 0.15) is 12.5 Å². The summed E-state index contributed by atoms with van der Waals surface area (Å²) < 4.78 is 20.6. The van der Waals surface area contributed by atoms with Crippen molar-refractivity contribution in [1.82, 2.24) is 0 Å². The fraction of sp³-hybridized carbons (Fsp3) is 0.333. The van der Waals surface area contributed by atoms with Crippen molar-refractivity contribution in [3.8, 4) is 0 Å². The average molecular weight is 199 g/mol. The second-order valence-electron chi connectivity index (χ2n) is 2.40. The van der Waals surface area contributed by atoms with Crippen LogP contribution in [-0.4, -0.2) is 6.61 Å². The lowest BCUT2D eigenvalue weighted by Crippen LogP contribution is -1.87. The van der Waals surface area contributed by atoms with E-state index in [-0.39, 0.29) is 0 Å². The molecule has 0 radical (unpaired) electrons. The van der Waals surface area contributed by atoms with Crippen LogP contribution in [0.3, 0.4) is 0 Å². The lowest BCUT2D eigenvalue weighted by atomic mass is 10.2. The number of hydrogen-bond acceptors (Lipinski definition) is 3. The zero-order valence-corrected chi connectivity index (χ0v) is 8.37. The van der Waals surface area contributed by atoms with Gasteiger partial charge in [0, 0.05) is 4.57 Å². The Kier molecular flexibility index (Phi) is 4.61. The first kappa shape index (κ1) is 10.3. The summed E-state index contributed by atoms with van der Waals surface area (Å²) in [6.45, 7) is 2.51. The van der Waals surface area contributed by atoms with E-state index >= 15 is 0 Å². The molecule has 0 aliphatic heterocycles. The molecule has 70 valence electrons. The molecule has 0 aromatic heterocycles. The lowest BCUT2D eigenvalue weighted by Gasteiger charge is -1.92. The predicted molar refractivity (Wildman–Crippen MR) is 50.5 cm³/mol. The van der Waals surface area contributed by atoms with Gasteiger partial charge in [0.05, 0.1) is 0 Å². The highest BCUT2D eigenvalue weighted by atomic mass is 31.1. The van der Waals surface area contributed by atoms with Crippen LogP contribution >= 0.6 is 8.25 Å². The van der Waals surface area contributed by atoms with E-state index in [4.69, 9.17) is 9.05 Å². The quantitative estimate of drug-likeness (QED) is 0.684. The van der Waals surface area contributed by atoms with Crippen LogP contribution in [0.25, 0.3) is 0 Å². The van der Waals surface area contributed by atoms with Crippen LogP contribution in [0.4, 0.5) is 0 Å². The van der Waals surface area contributed by atoms with Crippen molar-refractivity contribution in [3.05, 3.63) is 35.9 Å². The maximum Gasteiger partial charge on any atom is 0.697 e. The minimum absolute atomic E-state index is 0.329. The first-order valence-corrected chi connectivity index (χ1v) is 5.19. The molecular weight excluding hydrogens is 187 g/mol. The molecule has 1 aromatic carbocycles. The molecule has 0 spiro atoms. The maximum absolute atomic E-state index is 10.9. The van der Waals surface area contributed by atoms with E-state index in [0.717, 1.165) is 5.56 Å². The molecule has 0 aliphatic rings. The van der Waals surface area contributed by atoms with Crippen molar-refractivity contribution in [1.29, 1.82) is 0 Å². The van der Waals surface area contributed by atoms with Gasteiger partial charge in [0.15, 0.2) is 0 Å². The van der Waals surface area contributed by atoms with Crippen molar-refractivity contribution in [3.63, 3.8) is 0 Å². The SMILES string of the molecule is CCO[P+](=O)OCc1ccccc1. The molecule has 0 saturated heterocycles. The van der Waals surface area contributed by atoms with E-state index in [1.54, 1.807) is 6.92 Å². The average Bonchev–Trinajstić information content (AvgIpc) is 2.17. The molecule has 1 rings (SSSR count). The Morgan fingerprint density at radius 3 is 2.54 bits per heavy atom. The molecule has 0 amide bonds. The summed E-state index contributed by atoms with van der Waals surface area (Å²) in [6, 6.07) is 9.56. The Labute approximate surface area is 78.6 Å². The largest absolute Gasteiger partial charge is 0.697 e. The van der Waals surface area contributed by atoms with Crippen LogP contribution in [-0.2, 0) is 20.2 Å². The Bertz CT molecular complexity index is 261. The molecule has 0 fully saturated rings. The van der Waals surface area contributed by atoms with Crippen LogP contribution < -0.4 is 0 Å². The predicted octanol–water partition coefficient (Wildman–Crippen LogP) is 2.90. The fourth-order valence-electron chi connectivity index (χ4n) is 0.844. The van der Waals surface area contributed by atoms with Crippen molar-refractivity contribution in [2.24, 2.45) is 0 Å². The summed E-state index contributed by atoms with van der Waals surface area (Å²) in [6.07, 6.45) is 0. The molecular formula is C9H12O3P+. The Balaban J connectivity index is 2.31. The van der Waals surface area contributed by atoms with Crippen LogP contribution in [0.15, 0.2) is 30.3 Å². The molecule has 1 atom stereocenters. The van der Waals surface area contributed by atoms with Gasteiger partial charge in [-0.2, -0.15) is 0 Å². The van der Waals surface area contributed by atoms with Gasteiger partial charge >= 0.3 is 8.25 Å². The fourth-order valence-corrected chi connectivity index (χ4v) is 1.38. The van der Waals surface area contributed by atoms with Crippen LogP contribution in [0.5, 0.6) is 0 Å². The lowest BCUT2D eigenvalue weighted by molar-refractivity contribution is 0.227. The summed E-state index contributed by atoms with van der Waals surface area (Å²) in [5, 5.41) is 0. The van der Waals surface area contributed by atoms with E-state index in [0.29, 0.717) is 13.2 Å².